The number of primary amides is 1. The van der Waals surface area contributed by atoms with Gasteiger partial charge in [0, 0.05) is 18.6 Å². The summed E-state index contributed by atoms with van der Waals surface area (Å²) in [4.78, 5) is 16.6. The van der Waals surface area contributed by atoms with Crippen molar-refractivity contribution < 1.29 is 4.79 Å². The maximum absolute atomic E-state index is 11.9. The fourth-order valence-electron chi connectivity index (χ4n) is 3.13. The summed E-state index contributed by atoms with van der Waals surface area (Å²) in [7, 11) is 0. The van der Waals surface area contributed by atoms with Crippen LogP contribution in [0, 0.1) is 0 Å². The second-order valence-corrected chi connectivity index (χ2v) is 6.43. The molecule has 2 fully saturated rings. The molecule has 2 rings (SSSR count). The summed E-state index contributed by atoms with van der Waals surface area (Å²) in [6, 6.07) is 0. The van der Waals surface area contributed by atoms with Gasteiger partial charge in [-0.2, -0.15) is 0 Å². The van der Waals surface area contributed by atoms with Gasteiger partial charge in [-0.3, -0.25) is 14.6 Å². The fourth-order valence-corrected chi connectivity index (χ4v) is 3.13. The van der Waals surface area contributed by atoms with Crippen molar-refractivity contribution >= 4 is 5.91 Å². The van der Waals surface area contributed by atoms with Crippen LogP contribution < -0.4 is 5.73 Å². The molecule has 17 heavy (non-hydrogen) atoms. The first-order valence-corrected chi connectivity index (χ1v) is 6.66. The molecule has 2 saturated heterocycles. The molecule has 1 amide bonds. The maximum atomic E-state index is 11.9. The average Bonchev–Trinajstić information content (AvgIpc) is 2.86. The van der Waals surface area contributed by atoms with E-state index in [1.54, 1.807) is 0 Å². The van der Waals surface area contributed by atoms with Gasteiger partial charge in [-0.25, -0.2) is 0 Å². The molecule has 0 aromatic heterocycles. The summed E-state index contributed by atoms with van der Waals surface area (Å²) >= 11 is 0. The second-order valence-electron chi connectivity index (χ2n) is 6.43. The molecule has 2 aliphatic heterocycles. The van der Waals surface area contributed by atoms with Gasteiger partial charge in [0.05, 0.1) is 0 Å². The lowest BCUT2D eigenvalue weighted by atomic mass is 9.95. The highest BCUT2D eigenvalue weighted by molar-refractivity contribution is 5.85. The van der Waals surface area contributed by atoms with Gasteiger partial charge in [-0.05, 0) is 53.1 Å². The molecular formula is C13H25N3O. The molecule has 2 N–H and O–H groups in total. The molecule has 0 bridgehead atoms. The van der Waals surface area contributed by atoms with Gasteiger partial charge >= 0.3 is 0 Å². The highest BCUT2D eigenvalue weighted by Crippen LogP contribution is 2.34. The number of carbonyl (C=O) groups excluding carboxylic acids is 1. The van der Waals surface area contributed by atoms with Crippen molar-refractivity contribution in [3.05, 3.63) is 0 Å². The van der Waals surface area contributed by atoms with Crippen molar-refractivity contribution in [1.29, 1.82) is 0 Å². The summed E-state index contributed by atoms with van der Waals surface area (Å²) in [6.07, 6.45) is 3.29. The molecule has 1 atom stereocenters. The van der Waals surface area contributed by atoms with Crippen LogP contribution >= 0.6 is 0 Å². The van der Waals surface area contributed by atoms with Crippen LogP contribution in [-0.4, -0.2) is 53.0 Å². The summed E-state index contributed by atoms with van der Waals surface area (Å²) in [6.45, 7) is 10.4. The zero-order chi connectivity index (χ0) is 12.7. The SMILES string of the molecule is CC(C)(C)N1CCC(C(N)=O)(N2CCCC2)C1. The van der Waals surface area contributed by atoms with E-state index in [4.69, 9.17) is 5.73 Å². The van der Waals surface area contributed by atoms with Crippen LogP contribution in [0.5, 0.6) is 0 Å². The van der Waals surface area contributed by atoms with E-state index in [2.05, 4.69) is 30.6 Å². The Labute approximate surface area is 104 Å². The molecule has 1 unspecified atom stereocenters. The third-order valence-electron chi connectivity index (χ3n) is 4.37. The molecule has 4 heteroatoms. The Morgan fingerprint density at radius 2 is 1.76 bits per heavy atom. The van der Waals surface area contributed by atoms with E-state index < -0.39 is 5.54 Å². The van der Waals surface area contributed by atoms with E-state index in [0.717, 1.165) is 32.6 Å². The van der Waals surface area contributed by atoms with E-state index in [0.29, 0.717) is 0 Å². The monoisotopic (exact) mass is 239 g/mol. The van der Waals surface area contributed by atoms with Crippen LogP contribution in [-0.2, 0) is 4.79 Å². The molecule has 0 aliphatic carbocycles. The van der Waals surface area contributed by atoms with E-state index >= 15 is 0 Å². The lowest BCUT2D eigenvalue weighted by Crippen LogP contribution is -2.59. The van der Waals surface area contributed by atoms with Gasteiger partial charge in [-0.15, -0.1) is 0 Å². The van der Waals surface area contributed by atoms with Crippen molar-refractivity contribution in [2.24, 2.45) is 5.73 Å². The number of rotatable bonds is 2. The second kappa shape index (κ2) is 4.25. The predicted octanol–water partition coefficient (Wildman–Crippen LogP) is 0.811. The van der Waals surface area contributed by atoms with Crippen molar-refractivity contribution in [3.63, 3.8) is 0 Å². The van der Waals surface area contributed by atoms with Gasteiger partial charge in [0.15, 0.2) is 0 Å². The zero-order valence-corrected chi connectivity index (χ0v) is 11.3. The zero-order valence-electron chi connectivity index (χ0n) is 11.3. The van der Waals surface area contributed by atoms with Crippen LogP contribution in [0.3, 0.4) is 0 Å². The van der Waals surface area contributed by atoms with Crippen molar-refractivity contribution in [1.82, 2.24) is 9.80 Å². The van der Waals surface area contributed by atoms with Gasteiger partial charge < -0.3 is 5.73 Å². The van der Waals surface area contributed by atoms with Crippen molar-refractivity contribution in [3.8, 4) is 0 Å². The molecule has 98 valence electrons. The largest absolute Gasteiger partial charge is 0.368 e. The molecule has 0 spiro atoms. The summed E-state index contributed by atoms with van der Waals surface area (Å²) in [5.41, 5.74) is 5.43. The minimum Gasteiger partial charge on any atom is -0.368 e. The average molecular weight is 239 g/mol. The van der Waals surface area contributed by atoms with Crippen molar-refractivity contribution in [2.45, 2.75) is 51.1 Å². The lowest BCUT2D eigenvalue weighted by Gasteiger charge is -2.38. The first-order valence-electron chi connectivity index (χ1n) is 6.66. The van der Waals surface area contributed by atoms with E-state index in [1.165, 1.54) is 12.8 Å². The molecule has 0 radical (unpaired) electrons. The van der Waals surface area contributed by atoms with Crippen LogP contribution in [0.4, 0.5) is 0 Å². The molecular weight excluding hydrogens is 214 g/mol. The highest BCUT2D eigenvalue weighted by Gasteiger charge is 2.50. The van der Waals surface area contributed by atoms with Crippen LogP contribution in [0.15, 0.2) is 0 Å². The highest BCUT2D eigenvalue weighted by atomic mass is 16.1. The minimum absolute atomic E-state index is 0.122. The summed E-state index contributed by atoms with van der Waals surface area (Å²) in [5, 5.41) is 0. The minimum atomic E-state index is -0.399. The Hall–Kier alpha value is -0.610. The van der Waals surface area contributed by atoms with Gasteiger partial charge in [-0.1, -0.05) is 0 Å². The van der Waals surface area contributed by atoms with Crippen LogP contribution in [0.1, 0.15) is 40.0 Å². The predicted molar refractivity (Wildman–Crippen MR) is 68.7 cm³/mol. The number of amides is 1. The standard InChI is InChI=1S/C13H25N3O/c1-12(2,3)16-9-6-13(10-16,11(14)17)15-7-4-5-8-15/h4-10H2,1-3H3,(H2,14,17). The topological polar surface area (TPSA) is 49.6 Å². The molecule has 0 aromatic rings. The number of carbonyl (C=O) groups is 1. The van der Waals surface area contributed by atoms with E-state index in [9.17, 15) is 4.79 Å². The van der Waals surface area contributed by atoms with E-state index in [-0.39, 0.29) is 11.4 Å². The molecule has 2 heterocycles. The Kier molecular flexibility index (Phi) is 3.21. The van der Waals surface area contributed by atoms with Gasteiger partial charge in [0.1, 0.15) is 5.54 Å². The Morgan fingerprint density at radius 1 is 1.18 bits per heavy atom. The Morgan fingerprint density at radius 3 is 2.18 bits per heavy atom. The number of likely N-dealkylation sites (tertiary alicyclic amines) is 2. The number of nitrogens with zero attached hydrogens (tertiary/aromatic N) is 2. The maximum Gasteiger partial charge on any atom is 0.239 e. The molecule has 2 aliphatic rings. The quantitative estimate of drug-likeness (QED) is 0.776. The fraction of sp³-hybridized carbons (Fsp3) is 0.923. The number of hydrogen-bond acceptors (Lipinski definition) is 3. The summed E-state index contributed by atoms with van der Waals surface area (Å²) in [5.74, 6) is -0.133. The Balaban J connectivity index is 2.18. The van der Waals surface area contributed by atoms with Gasteiger partial charge in [0.2, 0.25) is 5.91 Å². The Bertz CT molecular complexity index is 304. The molecule has 0 aromatic carbocycles. The smallest absolute Gasteiger partial charge is 0.239 e. The van der Waals surface area contributed by atoms with Gasteiger partial charge in [0.25, 0.3) is 0 Å². The van der Waals surface area contributed by atoms with E-state index in [1.807, 2.05) is 0 Å². The normalized spacial score (nSPS) is 32.2. The van der Waals surface area contributed by atoms with Crippen molar-refractivity contribution in [2.75, 3.05) is 26.2 Å². The number of nitrogens with two attached hydrogens (primary N) is 1. The first-order chi connectivity index (χ1) is 7.86. The first kappa shape index (κ1) is 12.8. The van der Waals surface area contributed by atoms with Crippen LogP contribution in [0.2, 0.25) is 0 Å². The summed E-state index contributed by atoms with van der Waals surface area (Å²) < 4.78 is 0. The molecule has 0 saturated carbocycles. The third kappa shape index (κ3) is 2.20. The molecule has 4 nitrogen and oxygen atoms in total. The number of hydrogen-bond donors (Lipinski definition) is 1. The lowest BCUT2D eigenvalue weighted by molar-refractivity contribution is -0.129. The van der Waals surface area contributed by atoms with Crippen LogP contribution in [0.25, 0.3) is 0 Å². The third-order valence-corrected chi connectivity index (χ3v) is 4.37.